The molecule has 1 aliphatic rings. The lowest BCUT2D eigenvalue weighted by Crippen LogP contribution is -2.33. The van der Waals surface area contributed by atoms with Gasteiger partial charge in [-0.2, -0.15) is 0 Å². The molecular weight excluding hydrogens is 261 g/mol. The van der Waals surface area contributed by atoms with Gasteiger partial charge in [-0.3, -0.25) is 4.79 Å². The Morgan fingerprint density at radius 3 is 2.90 bits per heavy atom. The second kappa shape index (κ2) is 7.24. The van der Waals surface area contributed by atoms with E-state index in [1.165, 1.54) is 12.1 Å². The van der Waals surface area contributed by atoms with E-state index >= 15 is 0 Å². The van der Waals surface area contributed by atoms with Crippen LogP contribution in [0.4, 0.5) is 4.39 Å². The third-order valence-corrected chi connectivity index (χ3v) is 3.60. The lowest BCUT2D eigenvalue weighted by atomic mass is 10.1. The number of amides is 1. The molecule has 1 fully saturated rings. The Labute approximate surface area is 117 Å². The van der Waals surface area contributed by atoms with Crippen molar-refractivity contribution in [3.63, 3.8) is 0 Å². The molecule has 2 rings (SSSR count). The molecule has 1 aromatic rings. The van der Waals surface area contributed by atoms with Crippen LogP contribution < -0.4 is 10.1 Å². The molecule has 0 heterocycles. The quantitative estimate of drug-likeness (QED) is 0.837. The van der Waals surface area contributed by atoms with E-state index in [0.29, 0.717) is 6.54 Å². The number of carbonyl (C=O) groups excluding carboxylic acids is 1. The maximum atomic E-state index is 13.3. The summed E-state index contributed by atoms with van der Waals surface area (Å²) in [7, 11) is 0. The highest BCUT2D eigenvalue weighted by atomic mass is 19.1. The summed E-state index contributed by atoms with van der Waals surface area (Å²) in [5.74, 6) is -0.250. The molecule has 2 atom stereocenters. The molecule has 110 valence electrons. The Bertz CT molecular complexity index is 452. The summed E-state index contributed by atoms with van der Waals surface area (Å²) in [6, 6.07) is 6.11. The first kappa shape index (κ1) is 14.8. The highest BCUT2D eigenvalue weighted by Crippen LogP contribution is 2.24. The predicted octanol–water partition coefficient (Wildman–Crippen LogP) is 1.87. The van der Waals surface area contributed by atoms with Gasteiger partial charge in [0, 0.05) is 12.5 Å². The second-order valence-corrected chi connectivity index (χ2v) is 5.09. The van der Waals surface area contributed by atoms with Crippen molar-refractivity contribution in [1.82, 2.24) is 5.32 Å². The number of carbonyl (C=O) groups is 1. The smallest absolute Gasteiger partial charge is 0.223 e. The fourth-order valence-electron chi connectivity index (χ4n) is 2.40. The number of rotatable bonds is 6. The molecule has 2 unspecified atom stereocenters. The minimum atomic E-state index is -0.429. The summed E-state index contributed by atoms with van der Waals surface area (Å²) >= 11 is 0. The van der Waals surface area contributed by atoms with Crippen molar-refractivity contribution in [2.75, 3.05) is 13.2 Å². The lowest BCUT2D eigenvalue weighted by molar-refractivity contribution is -0.121. The molecule has 2 N–H and O–H groups in total. The van der Waals surface area contributed by atoms with Gasteiger partial charge in [0.25, 0.3) is 0 Å². The van der Waals surface area contributed by atoms with Crippen LogP contribution >= 0.6 is 0 Å². The molecule has 0 spiro atoms. The number of halogens is 1. The highest BCUT2D eigenvalue weighted by Gasteiger charge is 2.25. The molecule has 20 heavy (non-hydrogen) atoms. The number of nitrogens with one attached hydrogen (secondary N) is 1. The fourth-order valence-corrected chi connectivity index (χ4v) is 2.40. The molecule has 0 saturated heterocycles. The SMILES string of the molecule is O=C(CCOc1ccccc1F)NCC1CCCC1O. The van der Waals surface area contributed by atoms with Gasteiger partial charge in [-0.1, -0.05) is 18.6 Å². The van der Waals surface area contributed by atoms with Crippen LogP contribution in [0.3, 0.4) is 0 Å². The summed E-state index contributed by atoms with van der Waals surface area (Å²) in [6.07, 6.45) is 2.66. The van der Waals surface area contributed by atoms with Crippen molar-refractivity contribution in [3.8, 4) is 5.75 Å². The maximum Gasteiger partial charge on any atom is 0.223 e. The molecule has 0 aliphatic heterocycles. The number of ether oxygens (including phenoxy) is 1. The van der Waals surface area contributed by atoms with Crippen LogP contribution in [0.15, 0.2) is 24.3 Å². The Hall–Kier alpha value is -1.62. The summed E-state index contributed by atoms with van der Waals surface area (Å²) in [5, 5.41) is 12.4. The molecule has 1 aromatic carbocycles. The molecular formula is C15H20FNO3. The number of aliphatic hydroxyl groups excluding tert-OH is 1. The van der Waals surface area contributed by atoms with Crippen molar-refractivity contribution < 1.29 is 19.0 Å². The summed E-state index contributed by atoms with van der Waals surface area (Å²) < 4.78 is 18.5. The third-order valence-electron chi connectivity index (χ3n) is 3.60. The van der Waals surface area contributed by atoms with E-state index in [9.17, 15) is 14.3 Å². The van der Waals surface area contributed by atoms with E-state index in [0.717, 1.165) is 19.3 Å². The van der Waals surface area contributed by atoms with Gasteiger partial charge in [-0.15, -0.1) is 0 Å². The summed E-state index contributed by atoms with van der Waals surface area (Å²) in [4.78, 5) is 11.6. The fraction of sp³-hybridized carbons (Fsp3) is 0.533. The van der Waals surface area contributed by atoms with Crippen molar-refractivity contribution >= 4 is 5.91 Å². The van der Waals surface area contributed by atoms with Crippen LogP contribution in [0.1, 0.15) is 25.7 Å². The number of benzene rings is 1. The standard InChI is InChI=1S/C15H20FNO3/c16-12-5-1-2-7-14(12)20-9-8-15(19)17-10-11-4-3-6-13(11)18/h1-2,5,7,11,13,18H,3-4,6,8-10H2,(H,17,19). The van der Waals surface area contributed by atoms with Crippen LogP contribution in [0.5, 0.6) is 5.75 Å². The van der Waals surface area contributed by atoms with E-state index in [1.54, 1.807) is 12.1 Å². The van der Waals surface area contributed by atoms with Crippen molar-refractivity contribution in [1.29, 1.82) is 0 Å². The second-order valence-electron chi connectivity index (χ2n) is 5.09. The van der Waals surface area contributed by atoms with Gasteiger partial charge in [0.05, 0.1) is 19.1 Å². The first-order valence-electron chi connectivity index (χ1n) is 6.99. The van der Waals surface area contributed by atoms with E-state index in [2.05, 4.69) is 5.32 Å². The van der Waals surface area contributed by atoms with Crippen molar-refractivity contribution in [2.45, 2.75) is 31.8 Å². The van der Waals surface area contributed by atoms with Crippen LogP contribution in [-0.4, -0.2) is 30.3 Å². The van der Waals surface area contributed by atoms with Crippen molar-refractivity contribution in [2.24, 2.45) is 5.92 Å². The zero-order valence-electron chi connectivity index (χ0n) is 11.3. The van der Waals surface area contributed by atoms with Gasteiger partial charge >= 0.3 is 0 Å². The molecule has 4 nitrogen and oxygen atoms in total. The van der Waals surface area contributed by atoms with E-state index in [-0.39, 0.29) is 36.7 Å². The van der Waals surface area contributed by atoms with E-state index < -0.39 is 5.82 Å². The summed E-state index contributed by atoms with van der Waals surface area (Å²) in [6.45, 7) is 0.639. The molecule has 1 aliphatic carbocycles. The highest BCUT2D eigenvalue weighted by molar-refractivity contribution is 5.75. The van der Waals surface area contributed by atoms with Gasteiger partial charge in [-0.05, 0) is 25.0 Å². The monoisotopic (exact) mass is 281 g/mol. The van der Waals surface area contributed by atoms with Gasteiger partial charge in [-0.25, -0.2) is 4.39 Å². The Morgan fingerprint density at radius 1 is 1.40 bits per heavy atom. The normalized spacial score (nSPS) is 21.7. The Kier molecular flexibility index (Phi) is 5.35. The van der Waals surface area contributed by atoms with Gasteiger partial charge < -0.3 is 15.2 Å². The van der Waals surface area contributed by atoms with Gasteiger partial charge in [0.1, 0.15) is 0 Å². The Balaban J connectivity index is 1.64. The largest absolute Gasteiger partial charge is 0.490 e. The number of aliphatic hydroxyl groups is 1. The summed E-state index contributed by atoms with van der Waals surface area (Å²) in [5.41, 5.74) is 0. The third kappa shape index (κ3) is 4.20. The van der Waals surface area contributed by atoms with Crippen LogP contribution in [0.2, 0.25) is 0 Å². The predicted molar refractivity (Wildman–Crippen MR) is 72.9 cm³/mol. The zero-order chi connectivity index (χ0) is 14.4. The zero-order valence-corrected chi connectivity index (χ0v) is 11.3. The average Bonchev–Trinajstić information content (AvgIpc) is 2.84. The molecule has 0 aromatic heterocycles. The first-order chi connectivity index (χ1) is 9.66. The molecule has 0 bridgehead atoms. The maximum absolute atomic E-state index is 13.3. The van der Waals surface area contributed by atoms with Gasteiger partial charge in [0.15, 0.2) is 11.6 Å². The topological polar surface area (TPSA) is 58.6 Å². The van der Waals surface area contributed by atoms with Crippen molar-refractivity contribution in [3.05, 3.63) is 30.1 Å². The first-order valence-corrected chi connectivity index (χ1v) is 6.99. The molecule has 5 heteroatoms. The lowest BCUT2D eigenvalue weighted by Gasteiger charge is -2.15. The molecule has 0 radical (unpaired) electrons. The van der Waals surface area contributed by atoms with Crippen LogP contribution in [-0.2, 0) is 4.79 Å². The molecule has 1 saturated carbocycles. The molecule has 1 amide bonds. The van der Waals surface area contributed by atoms with Crippen LogP contribution in [0.25, 0.3) is 0 Å². The number of para-hydroxylation sites is 1. The van der Waals surface area contributed by atoms with E-state index in [4.69, 9.17) is 4.74 Å². The Morgan fingerprint density at radius 2 is 2.20 bits per heavy atom. The van der Waals surface area contributed by atoms with Gasteiger partial charge in [0.2, 0.25) is 5.91 Å². The number of hydrogen-bond acceptors (Lipinski definition) is 3. The number of hydrogen-bond donors (Lipinski definition) is 2. The minimum Gasteiger partial charge on any atom is -0.490 e. The van der Waals surface area contributed by atoms with E-state index in [1.807, 2.05) is 0 Å². The minimum absolute atomic E-state index is 0.138. The average molecular weight is 281 g/mol. The van der Waals surface area contributed by atoms with Crippen LogP contribution in [0, 0.1) is 11.7 Å².